The summed E-state index contributed by atoms with van der Waals surface area (Å²) in [5.74, 6) is -6.28. The molecule has 0 aromatic carbocycles. The number of ether oxygens (including phenoxy) is 2. The molecule has 2 aliphatic heterocycles. The Hall–Kier alpha value is -1.36. The molecule has 0 aromatic heterocycles. The highest BCUT2D eigenvalue weighted by molar-refractivity contribution is 6.05. The maximum atomic E-state index is 13.5. The van der Waals surface area contributed by atoms with E-state index in [1.807, 2.05) is 0 Å². The Morgan fingerprint density at radius 2 is 1.90 bits per heavy atom. The zero-order valence-electron chi connectivity index (χ0n) is 17.7. The molecule has 5 N–H and O–H groups in total. The Kier molecular flexibility index (Phi) is 4.26. The summed E-state index contributed by atoms with van der Waals surface area (Å²) in [6, 6.07) is 0. The Labute approximate surface area is 179 Å². The van der Waals surface area contributed by atoms with Gasteiger partial charge in [0.25, 0.3) is 0 Å². The predicted molar refractivity (Wildman–Crippen MR) is 103 cm³/mol. The summed E-state index contributed by atoms with van der Waals surface area (Å²) in [4.78, 5) is 25.0. The number of rotatable bonds is 2. The van der Waals surface area contributed by atoms with Crippen LogP contribution in [0.25, 0.3) is 0 Å². The van der Waals surface area contributed by atoms with Gasteiger partial charge in [0.1, 0.15) is 11.5 Å². The largest absolute Gasteiger partial charge is 0.465 e. The van der Waals surface area contributed by atoms with Crippen LogP contribution < -0.4 is 0 Å². The van der Waals surface area contributed by atoms with Gasteiger partial charge in [0.2, 0.25) is 5.79 Å². The monoisotopic (exact) mass is 438 g/mol. The number of ketones is 1. The summed E-state index contributed by atoms with van der Waals surface area (Å²) < 4.78 is 11.0. The molecule has 0 amide bonds. The Morgan fingerprint density at radius 1 is 1.23 bits per heavy atom. The fourth-order valence-corrected chi connectivity index (χ4v) is 8.19. The highest BCUT2D eigenvalue weighted by Crippen LogP contribution is 2.76. The first-order valence-corrected chi connectivity index (χ1v) is 10.8. The van der Waals surface area contributed by atoms with Crippen LogP contribution in [0.1, 0.15) is 33.1 Å². The Morgan fingerprint density at radius 3 is 2.55 bits per heavy atom. The minimum Gasteiger partial charge on any atom is -0.465 e. The van der Waals surface area contributed by atoms with Crippen LogP contribution in [0.4, 0.5) is 0 Å². The van der Waals surface area contributed by atoms with E-state index in [1.165, 1.54) is 6.92 Å². The lowest BCUT2D eigenvalue weighted by Gasteiger charge is -2.75. The summed E-state index contributed by atoms with van der Waals surface area (Å²) in [5.41, 5.74) is -4.12. The number of Topliss-reactive ketones (excluding diaryl/α,β-unsaturated/α-hetero) is 1. The number of aliphatic hydroxyl groups is 5. The van der Waals surface area contributed by atoms with Crippen molar-refractivity contribution < 1.29 is 44.6 Å². The molecule has 0 aromatic rings. The molecule has 2 heterocycles. The first-order chi connectivity index (χ1) is 14.4. The van der Waals surface area contributed by atoms with Crippen LogP contribution in [0.2, 0.25) is 0 Å². The topological polar surface area (TPSA) is 154 Å². The van der Waals surface area contributed by atoms with Crippen LogP contribution in [0.15, 0.2) is 12.2 Å². The van der Waals surface area contributed by atoms with Gasteiger partial charge in [0.05, 0.1) is 31.5 Å². The van der Waals surface area contributed by atoms with Gasteiger partial charge in [-0.2, -0.15) is 0 Å². The minimum absolute atomic E-state index is 0.0593. The summed E-state index contributed by atoms with van der Waals surface area (Å²) in [7, 11) is 0. The molecule has 6 fully saturated rings. The lowest BCUT2D eigenvalue weighted by Crippen LogP contribution is -2.87. The third-order valence-electron chi connectivity index (χ3n) is 9.31. The van der Waals surface area contributed by atoms with E-state index in [1.54, 1.807) is 6.92 Å². The standard InChI is InChI=1S/C22H30O9/c1-9-11-6-12(24)14-20-8-31-22(29,21(14,16(9)26)17(11)27)18(28)15(20)19(3,5-4-13(20)25)7-30-10(2)23/h11-15,17-18,24-25,27-29H,1,4-8H2,2-3H3/t11-,12-,13+,14-,15+,17+,18-,19-,20+,21-,22+/m0/s1. The van der Waals surface area contributed by atoms with Crippen LogP contribution in [-0.4, -0.2) is 80.7 Å². The number of fused-ring (bicyclic) bond motifs is 2. The van der Waals surface area contributed by atoms with E-state index in [2.05, 4.69) is 6.58 Å². The zero-order chi connectivity index (χ0) is 22.7. The number of carbonyl (C=O) groups is 2. The number of carbonyl (C=O) groups excluding carboxylic acids is 2. The highest BCUT2D eigenvalue weighted by Gasteiger charge is 2.88. The molecule has 0 unspecified atom stereocenters. The molecule has 6 rings (SSSR count). The van der Waals surface area contributed by atoms with Crippen molar-refractivity contribution in [1.29, 1.82) is 0 Å². The maximum absolute atomic E-state index is 13.5. The molecule has 31 heavy (non-hydrogen) atoms. The molecule has 4 bridgehead atoms. The lowest BCUT2D eigenvalue weighted by molar-refractivity contribution is -0.467. The summed E-state index contributed by atoms with van der Waals surface area (Å²) in [5, 5.41) is 57.1. The van der Waals surface area contributed by atoms with E-state index in [0.717, 1.165) is 0 Å². The molecule has 4 aliphatic carbocycles. The third-order valence-corrected chi connectivity index (χ3v) is 9.31. The van der Waals surface area contributed by atoms with Crippen molar-refractivity contribution in [1.82, 2.24) is 0 Å². The van der Waals surface area contributed by atoms with Crippen LogP contribution in [-0.2, 0) is 19.1 Å². The van der Waals surface area contributed by atoms with E-state index in [4.69, 9.17) is 9.47 Å². The molecule has 2 saturated heterocycles. The van der Waals surface area contributed by atoms with Crippen molar-refractivity contribution in [3.63, 3.8) is 0 Å². The van der Waals surface area contributed by atoms with Gasteiger partial charge in [0.15, 0.2) is 5.78 Å². The predicted octanol–water partition coefficient (Wildman–Crippen LogP) is -1.11. The van der Waals surface area contributed by atoms with Crippen molar-refractivity contribution in [3.8, 4) is 0 Å². The van der Waals surface area contributed by atoms with Gasteiger partial charge in [-0.25, -0.2) is 0 Å². The van der Waals surface area contributed by atoms with Gasteiger partial charge in [-0.15, -0.1) is 0 Å². The number of hydrogen-bond acceptors (Lipinski definition) is 9. The highest BCUT2D eigenvalue weighted by atomic mass is 16.6. The molecule has 172 valence electrons. The number of aliphatic hydroxyl groups excluding tert-OH is 4. The number of esters is 1. The summed E-state index contributed by atoms with van der Waals surface area (Å²) >= 11 is 0. The van der Waals surface area contributed by atoms with Crippen molar-refractivity contribution >= 4 is 11.8 Å². The van der Waals surface area contributed by atoms with Crippen molar-refractivity contribution in [2.45, 2.75) is 63.3 Å². The van der Waals surface area contributed by atoms with Crippen molar-refractivity contribution in [3.05, 3.63) is 12.2 Å². The van der Waals surface area contributed by atoms with E-state index < -0.39 is 76.0 Å². The summed E-state index contributed by atoms with van der Waals surface area (Å²) in [6.07, 6.45) is -4.56. The van der Waals surface area contributed by atoms with Gasteiger partial charge in [-0.1, -0.05) is 13.5 Å². The second-order valence-corrected chi connectivity index (χ2v) is 10.6. The van der Waals surface area contributed by atoms with E-state index in [0.29, 0.717) is 6.42 Å². The molecule has 2 spiro atoms. The van der Waals surface area contributed by atoms with E-state index >= 15 is 0 Å². The fourth-order valence-electron chi connectivity index (χ4n) is 8.19. The molecule has 6 aliphatic rings. The molecule has 9 heteroatoms. The summed E-state index contributed by atoms with van der Waals surface area (Å²) in [6.45, 7) is 6.61. The first-order valence-electron chi connectivity index (χ1n) is 10.8. The maximum Gasteiger partial charge on any atom is 0.302 e. The number of hydrogen-bond donors (Lipinski definition) is 5. The van der Waals surface area contributed by atoms with Crippen molar-refractivity contribution in [2.24, 2.45) is 34.0 Å². The Bertz CT molecular complexity index is 873. The molecule has 4 saturated carbocycles. The zero-order valence-corrected chi connectivity index (χ0v) is 17.7. The molecule has 11 atom stereocenters. The van der Waals surface area contributed by atoms with E-state index in [9.17, 15) is 35.1 Å². The van der Waals surface area contributed by atoms with Crippen LogP contribution in [0, 0.1) is 34.0 Å². The second-order valence-electron chi connectivity index (χ2n) is 10.6. The first kappa shape index (κ1) is 21.5. The fraction of sp³-hybridized carbons (Fsp3) is 0.818. The van der Waals surface area contributed by atoms with Crippen LogP contribution >= 0.6 is 0 Å². The van der Waals surface area contributed by atoms with Crippen LogP contribution in [0.5, 0.6) is 0 Å². The van der Waals surface area contributed by atoms with Gasteiger partial charge in [-0.3, -0.25) is 9.59 Å². The molecule has 9 nitrogen and oxygen atoms in total. The molecular weight excluding hydrogens is 408 g/mol. The van der Waals surface area contributed by atoms with E-state index in [-0.39, 0.29) is 31.6 Å². The second kappa shape index (κ2) is 6.15. The third kappa shape index (κ3) is 2.09. The van der Waals surface area contributed by atoms with Crippen molar-refractivity contribution in [2.75, 3.05) is 13.2 Å². The van der Waals surface area contributed by atoms with Crippen LogP contribution in [0.3, 0.4) is 0 Å². The van der Waals surface area contributed by atoms with Gasteiger partial charge in [-0.05, 0) is 24.8 Å². The van der Waals surface area contributed by atoms with Gasteiger partial charge < -0.3 is 35.0 Å². The minimum atomic E-state index is -2.48. The smallest absolute Gasteiger partial charge is 0.302 e. The average Bonchev–Trinajstić information content (AvgIpc) is 2.82. The molecule has 0 radical (unpaired) electrons. The normalized spacial score (nSPS) is 57.5. The van der Waals surface area contributed by atoms with Gasteiger partial charge >= 0.3 is 5.97 Å². The average molecular weight is 438 g/mol. The van der Waals surface area contributed by atoms with Gasteiger partial charge in [0, 0.05) is 35.5 Å². The SMILES string of the molecule is C=C1C(=O)[C@]23[C@H](O)[C@H]1C[C@H](O)[C@H]2[C@]12CO[C@]3(O)[C@@H](O)[C@@H]1[C@](C)(COC(C)=O)CC[C@H]2O. The lowest BCUT2D eigenvalue weighted by atomic mass is 9.35. The molecular formula is C22H30O9. The Balaban J connectivity index is 1.75. The quantitative estimate of drug-likeness (QED) is 0.267.